The van der Waals surface area contributed by atoms with Crippen molar-refractivity contribution in [2.75, 3.05) is 18.3 Å². The predicted molar refractivity (Wildman–Crippen MR) is 63.0 cm³/mol. The highest BCUT2D eigenvalue weighted by Crippen LogP contribution is 2.12. The number of benzene rings is 1. The van der Waals surface area contributed by atoms with Crippen molar-refractivity contribution in [1.29, 1.82) is 0 Å². The Bertz CT molecular complexity index is 571. The van der Waals surface area contributed by atoms with Crippen LogP contribution in [-0.2, 0) is 26.1 Å². The van der Waals surface area contributed by atoms with E-state index in [0.717, 1.165) is 12.5 Å². The molecular formula is C10H14O4S2. The van der Waals surface area contributed by atoms with Crippen LogP contribution in [0.4, 0.5) is 0 Å². The summed E-state index contributed by atoms with van der Waals surface area (Å²) in [5.41, 5.74) is 0.716. The molecule has 0 saturated carbocycles. The largest absolute Gasteiger partial charge is 0.229 e. The van der Waals surface area contributed by atoms with Gasteiger partial charge in [0, 0.05) is 12.5 Å². The van der Waals surface area contributed by atoms with Gasteiger partial charge in [0.05, 0.1) is 10.6 Å². The molecule has 16 heavy (non-hydrogen) atoms. The van der Waals surface area contributed by atoms with E-state index in [1.807, 2.05) is 0 Å². The smallest absolute Gasteiger partial charge is 0.175 e. The lowest BCUT2D eigenvalue weighted by Gasteiger charge is -2.03. The van der Waals surface area contributed by atoms with Gasteiger partial charge in [-0.2, -0.15) is 0 Å². The second-order valence-electron chi connectivity index (χ2n) is 3.80. The zero-order valence-electron chi connectivity index (χ0n) is 9.17. The lowest BCUT2D eigenvalue weighted by Crippen LogP contribution is -2.06. The molecule has 0 unspecified atom stereocenters. The van der Waals surface area contributed by atoms with E-state index in [1.54, 1.807) is 12.1 Å². The van der Waals surface area contributed by atoms with Crippen LogP contribution in [0, 0.1) is 0 Å². The Balaban J connectivity index is 2.92. The Morgan fingerprint density at radius 3 is 2.19 bits per heavy atom. The second-order valence-corrected chi connectivity index (χ2v) is 8.07. The number of hydrogen-bond acceptors (Lipinski definition) is 4. The maximum Gasteiger partial charge on any atom is 0.175 e. The molecule has 0 heterocycles. The first-order valence-electron chi connectivity index (χ1n) is 4.65. The third-order valence-electron chi connectivity index (χ3n) is 2.09. The lowest BCUT2D eigenvalue weighted by atomic mass is 10.2. The molecule has 0 amide bonds. The fourth-order valence-electron chi connectivity index (χ4n) is 1.23. The van der Waals surface area contributed by atoms with Crippen molar-refractivity contribution in [2.24, 2.45) is 0 Å². The van der Waals surface area contributed by atoms with Gasteiger partial charge in [-0.3, -0.25) is 0 Å². The highest BCUT2D eigenvalue weighted by atomic mass is 32.2. The minimum Gasteiger partial charge on any atom is -0.229 e. The van der Waals surface area contributed by atoms with Crippen LogP contribution < -0.4 is 0 Å². The molecule has 0 aromatic heterocycles. The highest BCUT2D eigenvalue weighted by molar-refractivity contribution is 7.91. The molecule has 4 nitrogen and oxygen atoms in total. The van der Waals surface area contributed by atoms with Gasteiger partial charge in [0.2, 0.25) is 0 Å². The molecule has 0 aliphatic rings. The average Bonchev–Trinajstić information content (AvgIpc) is 2.13. The fourth-order valence-corrected chi connectivity index (χ4v) is 2.53. The fraction of sp³-hybridized carbons (Fsp3) is 0.400. The van der Waals surface area contributed by atoms with Gasteiger partial charge in [-0.15, -0.1) is 0 Å². The molecule has 0 aliphatic heterocycles. The van der Waals surface area contributed by atoms with Gasteiger partial charge in [-0.25, -0.2) is 16.8 Å². The Morgan fingerprint density at radius 2 is 1.69 bits per heavy atom. The van der Waals surface area contributed by atoms with E-state index in [9.17, 15) is 16.8 Å². The summed E-state index contributed by atoms with van der Waals surface area (Å²) in [6, 6.07) is 6.35. The molecule has 1 rings (SSSR count). The molecule has 6 heteroatoms. The third-order valence-corrected chi connectivity index (χ3v) is 4.14. The highest BCUT2D eigenvalue weighted by Gasteiger charge is 2.08. The Morgan fingerprint density at radius 1 is 1.06 bits per heavy atom. The summed E-state index contributed by atoms with van der Waals surface area (Å²) in [7, 11) is -6.25. The average molecular weight is 262 g/mol. The summed E-state index contributed by atoms with van der Waals surface area (Å²) < 4.78 is 44.5. The van der Waals surface area contributed by atoms with Crippen molar-refractivity contribution in [3.8, 4) is 0 Å². The zero-order valence-corrected chi connectivity index (χ0v) is 10.8. The Kier molecular flexibility index (Phi) is 3.75. The van der Waals surface area contributed by atoms with Crippen LogP contribution >= 0.6 is 0 Å². The van der Waals surface area contributed by atoms with E-state index in [0.29, 0.717) is 12.0 Å². The molecule has 0 aliphatic carbocycles. The molecule has 0 N–H and O–H groups in total. The lowest BCUT2D eigenvalue weighted by molar-refractivity contribution is 0.600. The first-order valence-corrected chi connectivity index (χ1v) is 8.60. The van der Waals surface area contributed by atoms with Gasteiger partial charge >= 0.3 is 0 Å². The van der Waals surface area contributed by atoms with Crippen LogP contribution in [0.15, 0.2) is 29.2 Å². The molecule has 0 radical (unpaired) electrons. The summed E-state index contributed by atoms with van der Waals surface area (Å²) in [4.78, 5) is 0.221. The molecule has 90 valence electrons. The van der Waals surface area contributed by atoms with Crippen molar-refractivity contribution in [1.82, 2.24) is 0 Å². The van der Waals surface area contributed by atoms with Crippen LogP contribution in [0.1, 0.15) is 5.56 Å². The molecule has 0 atom stereocenters. The van der Waals surface area contributed by atoms with E-state index in [1.165, 1.54) is 12.1 Å². The summed E-state index contributed by atoms with van der Waals surface area (Å²) in [5, 5.41) is 0. The van der Waals surface area contributed by atoms with E-state index in [2.05, 4.69) is 0 Å². The van der Waals surface area contributed by atoms with Crippen molar-refractivity contribution in [3.05, 3.63) is 29.8 Å². The van der Waals surface area contributed by atoms with Crippen LogP contribution in [-0.4, -0.2) is 35.1 Å². The Hall–Kier alpha value is -0.880. The summed E-state index contributed by atoms with van der Waals surface area (Å²) in [5.74, 6) is 0.0280. The Labute approximate surface area is 96.1 Å². The van der Waals surface area contributed by atoms with Crippen LogP contribution in [0.5, 0.6) is 0 Å². The molecule has 0 fully saturated rings. The van der Waals surface area contributed by atoms with Gasteiger partial charge in [0.25, 0.3) is 0 Å². The van der Waals surface area contributed by atoms with Crippen molar-refractivity contribution < 1.29 is 16.8 Å². The number of aryl methyl sites for hydroxylation is 1. The standard InChI is InChI=1S/C10H14O4S2/c1-15(11,12)7-6-9-4-3-5-10(8-9)16(2,13)14/h3-5,8H,6-7H2,1-2H3. The van der Waals surface area contributed by atoms with Gasteiger partial charge < -0.3 is 0 Å². The zero-order chi connectivity index (χ0) is 12.4. The first-order chi connectivity index (χ1) is 7.18. The topological polar surface area (TPSA) is 68.3 Å². The quantitative estimate of drug-likeness (QED) is 0.800. The van der Waals surface area contributed by atoms with Crippen molar-refractivity contribution in [3.63, 3.8) is 0 Å². The molecule has 0 spiro atoms. The van der Waals surface area contributed by atoms with Crippen LogP contribution in [0.25, 0.3) is 0 Å². The monoisotopic (exact) mass is 262 g/mol. The number of hydrogen-bond donors (Lipinski definition) is 0. The van der Waals surface area contributed by atoms with Gasteiger partial charge in [0.15, 0.2) is 9.84 Å². The van der Waals surface area contributed by atoms with Crippen LogP contribution in [0.2, 0.25) is 0 Å². The van der Waals surface area contributed by atoms with E-state index in [4.69, 9.17) is 0 Å². The van der Waals surface area contributed by atoms with Crippen molar-refractivity contribution >= 4 is 19.7 Å². The van der Waals surface area contributed by atoms with E-state index in [-0.39, 0.29) is 10.6 Å². The summed E-state index contributed by atoms with van der Waals surface area (Å²) in [6.07, 6.45) is 2.62. The molecule has 1 aromatic rings. The predicted octanol–water partition coefficient (Wildman–Crippen LogP) is 0.677. The molecule has 1 aromatic carbocycles. The van der Waals surface area contributed by atoms with Gasteiger partial charge in [-0.05, 0) is 24.1 Å². The third kappa shape index (κ3) is 4.32. The second kappa shape index (κ2) is 4.55. The van der Waals surface area contributed by atoms with E-state index < -0.39 is 19.7 Å². The number of rotatable bonds is 4. The molecular weight excluding hydrogens is 248 g/mol. The van der Waals surface area contributed by atoms with Gasteiger partial charge in [-0.1, -0.05) is 12.1 Å². The maximum absolute atomic E-state index is 11.3. The SMILES string of the molecule is CS(=O)(=O)CCc1cccc(S(C)(=O)=O)c1. The molecule has 0 bridgehead atoms. The maximum atomic E-state index is 11.3. The normalized spacial score (nSPS) is 12.6. The minimum atomic E-state index is -3.23. The summed E-state index contributed by atoms with van der Waals surface area (Å²) in [6.45, 7) is 0. The minimum absolute atomic E-state index is 0.0280. The van der Waals surface area contributed by atoms with E-state index >= 15 is 0 Å². The first kappa shape index (κ1) is 13.2. The number of sulfone groups is 2. The van der Waals surface area contributed by atoms with Gasteiger partial charge in [0.1, 0.15) is 9.84 Å². The molecule has 0 saturated heterocycles. The summed E-state index contributed by atoms with van der Waals surface area (Å²) >= 11 is 0. The van der Waals surface area contributed by atoms with Crippen LogP contribution in [0.3, 0.4) is 0 Å². The van der Waals surface area contributed by atoms with Crippen molar-refractivity contribution in [2.45, 2.75) is 11.3 Å².